The van der Waals surface area contributed by atoms with Gasteiger partial charge in [-0.25, -0.2) is 0 Å². The van der Waals surface area contributed by atoms with Gasteiger partial charge in [0, 0.05) is 62.2 Å². The second kappa shape index (κ2) is 8.73. The lowest BCUT2D eigenvalue weighted by molar-refractivity contribution is -0.390. The quantitative estimate of drug-likeness (QED) is 0.314. The molecule has 0 atom stereocenters. The summed E-state index contributed by atoms with van der Waals surface area (Å²) >= 11 is 0. The minimum absolute atomic E-state index is 0.328. The van der Waals surface area contributed by atoms with E-state index in [1.165, 1.54) is 83.5 Å². The predicted molar refractivity (Wildman–Crippen MR) is 138 cm³/mol. The van der Waals surface area contributed by atoms with Crippen LogP contribution in [0.15, 0.2) is 0 Å². The molecule has 0 radical (unpaired) electrons. The number of hydrogen-bond donors (Lipinski definition) is 0. The molecule has 12 aliphatic rings. The van der Waals surface area contributed by atoms with Gasteiger partial charge >= 0.3 is 0 Å². The summed E-state index contributed by atoms with van der Waals surface area (Å²) in [6, 6.07) is 0. The third-order valence-corrected chi connectivity index (χ3v) is 13.1. The van der Waals surface area contributed by atoms with Gasteiger partial charge in [0.2, 0.25) is 23.1 Å². The molecule has 0 aromatic heterocycles. The average molecular weight is 543 g/mol. The van der Waals surface area contributed by atoms with Gasteiger partial charge in [-0.3, -0.25) is 4.79 Å². The molecular weight excluding hydrogens is 496 g/mol. The Hall–Kier alpha value is -0.570. The lowest BCUT2D eigenvalue weighted by atomic mass is 9.53. The summed E-state index contributed by atoms with van der Waals surface area (Å²) in [7, 11) is 0. The molecule has 0 aromatic carbocycles. The minimum atomic E-state index is -0.622. The molecule has 0 amide bonds. The van der Waals surface area contributed by atoms with Crippen LogP contribution in [0.25, 0.3) is 0 Å². The Bertz CT molecular complexity index is 934. The third kappa shape index (κ3) is 3.78. The number of hydrogen-bond acceptors (Lipinski definition) is 7. The number of rotatable bonds is 0. The van der Waals surface area contributed by atoms with Crippen molar-refractivity contribution in [2.45, 2.75) is 145 Å². The maximum Gasteiger partial charge on any atom is 0.210 e. The largest absolute Gasteiger partial charge is 0.312 e. The van der Waals surface area contributed by atoms with Crippen molar-refractivity contribution in [3.8, 4) is 0 Å². The Morgan fingerprint density at radius 1 is 0.462 bits per heavy atom. The highest BCUT2D eigenvalue weighted by Crippen LogP contribution is 2.65. The molecule has 8 bridgehead atoms. The van der Waals surface area contributed by atoms with Crippen LogP contribution in [0.1, 0.15) is 122 Å². The highest BCUT2D eigenvalue weighted by molar-refractivity contribution is 5.79. The summed E-state index contributed by atoms with van der Waals surface area (Å²) in [6.07, 6.45) is 21.4. The zero-order valence-electron chi connectivity index (χ0n) is 23.4. The van der Waals surface area contributed by atoms with E-state index < -0.39 is 11.6 Å². The van der Waals surface area contributed by atoms with E-state index in [4.69, 9.17) is 29.0 Å². The summed E-state index contributed by atoms with van der Waals surface area (Å²) in [5, 5.41) is 0. The molecule has 216 valence electrons. The maximum absolute atomic E-state index is 11.5. The molecule has 10 saturated carbocycles. The second-order valence-electron chi connectivity index (χ2n) is 15.5. The first kappa shape index (κ1) is 25.0. The number of carbonyl (C=O) groups excluding carboxylic acids is 1. The van der Waals surface area contributed by atoms with E-state index in [1.807, 2.05) is 0 Å². The van der Waals surface area contributed by atoms with Crippen molar-refractivity contribution in [1.29, 1.82) is 0 Å². The first-order valence-electron chi connectivity index (χ1n) is 16.6. The Kier molecular flexibility index (Phi) is 5.59. The fourth-order valence-corrected chi connectivity index (χ4v) is 11.6. The molecule has 7 heteroatoms. The van der Waals surface area contributed by atoms with Crippen LogP contribution in [0.5, 0.6) is 0 Å². The van der Waals surface area contributed by atoms with Crippen LogP contribution in [0.2, 0.25) is 0 Å². The molecule has 39 heavy (non-hydrogen) atoms. The average Bonchev–Trinajstić information content (AvgIpc) is 3.49. The van der Waals surface area contributed by atoms with E-state index in [9.17, 15) is 4.79 Å². The number of ketones is 1. The van der Waals surface area contributed by atoms with Gasteiger partial charge in [-0.2, -0.15) is 19.6 Å². The van der Waals surface area contributed by atoms with Crippen LogP contribution in [0.3, 0.4) is 0 Å². The lowest BCUT2D eigenvalue weighted by Crippen LogP contribution is -2.59. The predicted octanol–water partition coefficient (Wildman–Crippen LogP) is 6.73. The molecule has 0 unspecified atom stereocenters. The van der Waals surface area contributed by atoms with Crippen molar-refractivity contribution in [3.05, 3.63) is 0 Å². The molecular formula is C32H46O7. The fourth-order valence-electron chi connectivity index (χ4n) is 11.6. The van der Waals surface area contributed by atoms with E-state index in [0.717, 1.165) is 36.5 Å². The minimum Gasteiger partial charge on any atom is -0.312 e. The zero-order chi connectivity index (χ0) is 25.9. The third-order valence-electron chi connectivity index (χ3n) is 13.1. The fraction of sp³-hybridized carbons (Fsp3) is 0.969. The first-order valence-corrected chi connectivity index (χ1v) is 16.6. The standard InChI is InChI=1S/C16H22O4.C16H24O3/c17-14-1-3-15(4-2-14)18-16(20-19-15)12-6-10-5-11(8-12)9-13(16)7-10;1-2-4-15(5-3-1)17-16(19-18-15)13-7-11-6-12(9-13)10-14(16)8-11/h10-13H,1-9H2;11-14H,1-10H2. The van der Waals surface area contributed by atoms with Gasteiger partial charge in [-0.15, -0.1) is 0 Å². The second-order valence-corrected chi connectivity index (χ2v) is 15.5. The highest BCUT2D eigenvalue weighted by atomic mass is 17.3. The Labute approximate surface area is 232 Å². The number of ether oxygens (including phenoxy) is 2. The van der Waals surface area contributed by atoms with Gasteiger partial charge in [0.1, 0.15) is 5.78 Å². The van der Waals surface area contributed by atoms with Crippen LogP contribution in [0, 0.1) is 47.3 Å². The molecule has 2 aliphatic heterocycles. The Morgan fingerprint density at radius 2 is 0.846 bits per heavy atom. The van der Waals surface area contributed by atoms with E-state index in [2.05, 4.69) is 0 Å². The van der Waals surface area contributed by atoms with Crippen LogP contribution in [0.4, 0.5) is 0 Å². The molecule has 0 N–H and O–H groups in total. The molecule has 12 fully saturated rings. The van der Waals surface area contributed by atoms with Gasteiger partial charge in [0.05, 0.1) is 0 Å². The maximum atomic E-state index is 11.5. The zero-order valence-corrected chi connectivity index (χ0v) is 23.4. The lowest BCUT2D eigenvalue weighted by Gasteiger charge is -2.57. The molecule has 2 heterocycles. The first-order chi connectivity index (χ1) is 19.0. The normalized spacial score (nSPS) is 53.3. The molecule has 2 saturated heterocycles. The SMILES string of the molecule is C1CCC2(CC1)OOC1(O2)C2CC3CC(C2)CC1C3.O=C1CCC2(CC1)OOC1(O2)C2CC3CC(C2)CC1C3. The summed E-state index contributed by atoms with van der Waals surface area (Å²) < 4.78 is 13.1. The molecule has 7 nitrogen and oxygen atoms in total. The van der Waals surface area contributed by atoms with Crippen LogP contribution < -0.4 is 0 Å². The Morgan fingerprint density at radius 3 is 1.26 bits per heavy atom. The van der Waals surface area contributed by atoms with E-state index in [1.54, 1.807) is 0 Å². The van der Waals surface area contributed by atoms with Gasteiger partial charge in [0.25, 0.3) is 0 Å². The molecule has 0 aromatic rings. The van der Waals surface area contributed by atoms with Crippen LogP contribution in [-0.2, 0) is 33.8 Å². The summed E-state index contributed by atoms with van der Waals surface area (Å²) in [5.41, 5.74) is 0. The van der Waals surface area contributed by atoms with E-state index in [0.29, 0.717) is 55.1 Å². The van der Waals surface area contributed by atoms with Crippen molar-refractivity contribution in [3.63, 3.8) is 0 Å². The monoisotopic (exact) mass is 542 g/mol. The van der Waals surface area contributed by atoms with Gasteiger partial charge in [-0.1, -0.05) is 6.42 Å². The van der Waals surface area contributed by atoms with Gasteiger partial charge in [-0.05, 0) is 101 Å². The summed E-state index contributed by atoms with van der Waals surface area (Å²) in [4.78, 5) is 34.9. The molecule has 10 aliphatic carbocycles. The summed E-state index contributed by atoms with van der Waals surface area (Å²) in [5.74, 6) is 4.39. The number of Topliss-reactive ketones (excluding diaryl/α,β-unsaturated/α-hetero) is 1. The van der Waals surface area contributed by atoms with Gasteiger partial charge < -0.3 is 9.47 Å². The van der Waals surface area contributed by atoms with Crippen molar-refractivity contribution in [2.75, 3.05) is 0 Å². The van der Waals surface area contributed by atoms with E-state index >= 15 is 0 Å². The highest BCUT2D eigenvalue weighted by Gasteiger charge is 2.68. The van der Waals surface area contributed by atoms with Gasteiger partial charge in [0.15, 0.2) is 0 Å². The Balaban J connectivity index is 0.000000113. The van der Waals surface area contributed by atoms with Crippen molar-refractivity contribution >= 4 is 5.78 Å². The van der Waals surface area contributed by atoms with Crippen molar-refractivity contribution < 1.29 is 33.8 Å². The molecule has 12 rings (SSSR count). The van der Waals surface area contributed by atoms with E-state index in [-0.39, 0.29) is 11.6 Å². The van der Waals surface area contributed by atoms with Crippen LogP contribution >= 0.6 is 0 Å². The van der Waals surface area contributed by atoms with Crippen molar-refractivity contribution in [1.82, 2.24) is 0 Å². The summed E-state index contributed by atoms with van der Waals surface area (Å²) in [6.45, 7) is 0. The number of carbonyl (C=O) groups is 1. The van der Waals surface area contributed by atoms with Crippen LogP contribution in [-0.4, -0.2) is 28.9 Å². The topological polar surface area (TPSA) is 72.5 Å². The van der Waals surface area contributed by atoms with Crippen molar-refractivity contribution in [2.24, 2.45) is 47.3 Å². The molecule has 4 spiro atoms. The smallest absolute Gasteiger partial charge is 0.210 e.